The summed E-state index contributed by atoms with van der Waals surface area (Å²) >= 11 is 6.15. The maximum atomic E-state index is 6.15. The summed E-state index contributed by atoms with van der Waals surface area (Å²) in [5.41, 5.74) is 7.54. The van der Waals surface area contributed by atoms with Crippen LogP contribution in [-0.4, -0.2) is 20.8 Å². The summed E-state index contributed by atoms with van der Waals surface area (Å²) in [7, 11) is 3.20. The predicted molar refractivity (Wildman–Crippen MR) is 72.0 cm³/mol. The molecule has 1 aromatic rings. The predicted octanol–water partition coefficient (Wildman–Crippen LogP) is 2.89. The first kappa shape index (κ1) is 13.9. The highest BCUT2D eigenvalue weighted by atomic mass is 35.5. The minimum Gasteiger partial charge on any atom is -0.492 e. The molecule has 0 aliphatic rings. The molecule has 0 heterocycles. The van der Waals surface area contributed by atoms with E-state index in [4.69, 9.17) is 26.8 Å². The van der Waals surface area contributed by atoms with E-state index in [1.54, 1.807) is 14.2 Å². The summed E-state index contributed by atoms with van der Waals surface area (Å²) < 4.78 is 10.6. The first-order chi connectivity index (χ1) is 8.19. The van der Waals surface area contributed by atoms with Gasteiger partial charge in [0.2, 0.25) is 0 Å². The van der Waals surface area contributed by atoms with Crippen molar-refractivity contribution in [2.45, 2.75) is 13.3 Å². The molecule has 0 amide bonds. The van der Waals surface area contributed by atoms with Gasteiger partial charge in [0.15, 0.2) is 11.5 Å². The van der Waals surface area contributed by atoms with Gasteiger partial charge in [0, 0.05) is 12.1 Å². The Morgan fingerprint density at radius 2 is 1.94 bits per heavy atom. The second-order valence-corrected chi connectivity index (χ2v) is 3.89. The van der Waals surface area contributed by atoms with Crippen LogP contribution in [0.1, 0.15) is 18.1 Å². The normalized spacial score (nSPS) is 10.9. The number of ether oxygens (including phenoxy) is 2. The van der Waals surface area contributed by atoms with E-state index in [0.717, 1.165) is 17.5 Å². The fourth-order valence-electron chi connectivity index (χ4n) is 1.78. The highest BCUT2D eigenvalue weighted by Gasteiger charge is 2.16. The van der Waals surface area contributed by atoms with Crippen LogP contribution in [-0.2, 0) is 6.42 Å². The first-order valence-corrected chi connectivity index (χ1v) is 5.87. The molecule has 4 heteroatoms. The molecule has 94 valence electrons. The van der Waals surface area contributed by atoms with E-state index in [0.29, 0.717) is 23.1 Å². The van der Waals surface area contributed by atoms with Crippen LogP contribution in [0.3, 0.4) is 0 Å². The zero-order valence-corrected chi connectivity index (χ0v) is 11.2. The highest BCUT2D eigenvalue weighted by molar-refractivity contribution is 6.32. The topological polar surface area (TPSA) is 44.5 Å². The summed E-state index contributed by atoms with van der Waals surface area (Å²) in [6.07, 6.45) is 4.67. The lowest BCUT2D eigenvalue weighted by Gasteiger charge is -2.15. The van der Waals surface area contributed by atoms with E-state index in [1.165, 1.54) is 0 Å². The van der Waals surface area contributed by atoms with Gasteiger partial charge in [0.05, 0.1) is 19.2 Å². The van der Waals surface area contributed by atoms with Crippen molar-refractivity contribution in [1.82, 2.24) is 0 Å². The molecular formula is C13H18ClNO2. The van der Waals surface area contributed by atoms with Crippen LogP contribution >= 0.6 is 11.6 Å². The molecule has 0 aliphatic heterocycles. The van der Waals surface area contributed by atoms with Gasteiger partial charge < -0.3 is 15.2 Å². The van der Waals surface area contributed by atoms with E-state index in [-0.39, 0.29) is 0 Å². The van der Waals surface area contributed by atoms with Crippen LogP contribution in [0.5, 0.6) is 11.5 Å². The summed E-state index contributed by atoms with van der Waals surface area (Å²) in [6.45, 7) is 2.56. The maximum absolute atomic E-state index is 6.15. The van der Waals surface area contributed by atoms with Crippen molar-refractivity contribution in [3.05, 3.63) is 28.3 Å². The summed E-state index contributed by atoms with van der Waals surface area (Å²) in [4.78, 5) is 0. The third kappa shape index (κ3) is 2.93. The smallest absolute Gasteiger partial charge is 0.179 e. The summed E-state index contributed by atoms with van der Waals surface area (Å²) in [5, 5.41) is 0.540. The number of halogens is 1. The van der Waals surface area contributed by atoms with Crippen LogP contribution in [0, 0.1) is 0 Å². The zero-order valence-electron chi connectivity index (χ0n) is 10.4. The Bertz CT molecular complexity index is 416. The van der Waals surface area contributed by atoms with Crippen molar-refractivity contribution in [3.8, 4) is 11.5 Å². The lowest BCUT2D eigenvalue weighted by Crippen LogP contribution is -1.99. The molecule has 0 radical (unpaired) electrons. The number of rotatable bonds is 5. The van der Waals surface area contributed by atoms with Crippen molar-refractivity contribution in [2.75, 3.05) is 20.8 Å². The molecule has 2 N–H and O–H groups in total. The molecule has 0 atom stereocenters. The Labute approximate surface area is 107 Å². The minimum absolute atomic E-state index is 0.495. The van der Waals surface area contributed by atoms with E-state index >= 15 is 0 Å². The zero-order chi connectivity index (χ0) is 12.8. The van der Waals surface area contributed by atoms with Crippen LogP contribution < -0.4 is 15.2 Å². The Hall–Kier alpha value is -1.19. The van der Waals surface area contributed by atoms with Crippen molar-refractivity contribution < 1.29 is 9.47 Å². The van der Waals surface area contributed by atoms with Gasteiger partial charge in [-0.15, -0.1) is 0 Å². The molecular weight excluding hydrogens is 238 g/mol. The Kier molecular flexibility index (Phi) is 5.32. The van der Waals surface area contributed by atoms with Crippen LogP contribution in [0.4, 0.5) is 0 Å². The molecule has 3 nitrogen and oxygen atoms in total. The molecule has 0 aliphatic carbocycles. The van der Waals surface area contributed by atoms with Crippen LogP contribution in [0.15, 0.2) is 12.1 Å². The van der Waals surface area contributed by atoms with E-state index in [9.17, 15) is 0 Å². The van der Waals surface area contributed by atoms with Gasteiger partial charge in [0.25, 0.3) is 0 Å². The number of methoxy groups -OCH3 is 2. The van der Waals surface area contributed by atoms with E-state index in [1.807, 2.05) is 18.2 Å². The molecule has 0 fully saturated rings. The maximum Gasteiger partial charge on any atom is 0.179 e. The second-order valence-electron chi connectivity index (χ2n) is 3.48. The van der Waals surface area contributed by atoms with Gasteiger partial charge in [-0.2, -0.15) is 0 Å². The van der Waals surface area contributed by atoms with Gasteiger partial charge in [-0.05, 0) is 18.1 Å². The third-order valence-electron chi connectivity index (χ3n) is 2.52. The monoisotopic (exact) mass is 255 g/mol. The van der Waals surface area contributed by atoms with Crippen molar-refractivity contribution in [2.24, 2.45) is 5.73 Å². The van der Waals surface area contributed by atoms with Crippen molar-refractivity contribution >= 4 is 17.7 Å². The number of nitrogens with two attached hydrogens (primary N) is 1. The fraction of sp³-hybridized carbons (Fsp3) is 0.385. The van der Waals surface area contributed by atoms with Gasteiger partial charge in [-0.25, -0.2) is 0 Å². The minimum atomic E-state index is 0.495. The Balaban J connectivity index is 3.41. The molecule has 0 unspecified atom stereocenters. The largest absolute Gasteiger partial charge is 0.492 e. The van der Waals surface area contributed by atoms with Gasteiger partial charge >= 0.3 is 0 Å². The third-order valence-corrected chi connectivity index (χ3v) is 2.80. The molecule has 17 heavy (non-hydrogen) atoms. The average Bonchev–Trinajstić information content (AvgIpc) is 2.35. The lowest BCUT2D eigenvalue weighted by atomic mass is 10.0. The molecule has 1 aromatic carbocycles. The summed E-state index contributed by atoms with van der Waals surface area (Å²) in [6, 6.07) is 1.87. The first-order valence-electron chi connectivity index (χ1n) is 5.49. The highest BCUT2D eigenvalue weighted by Crippen LogP contribution is 2.40. The molecule has 0 bridgehead atoms. The molecule has 1 rings (SSSR count). The SMILES string of the molecule is CCc1c(/C=C/CN)cc(Cl)c(OC)c1OC. The van der Waals surface area contributed by atoms with E-state index in [2.05, 4.69) is 6.92 Å². The van der Waals surface area contributed by atoms with Crippen molar-refractivity contribution in [1.29, 1.82) is 0 Å². The second kappa shape index (κ2) is 6.52. The average molecular weight is 256 g/mol. The quantitative estimate of drug-likeness (QED) is 0.880. The van der Waals surface area contributed by atoms with Crippen molar-refractivity contribution in [3.63, 3.8) is 0 Å². The molecule has 0 aromatic heterocycles. The fourth-order valence-corrected chi connectivity index (χ4v) is 2.06. The number of hydrogen-bond acceptors (Lipinski definition) is 3. The Morgan fingerprint density at radius 1 is 1.29 bits per heavy atom. The number of benzene rings is 1. The van der Waals surface area contributed by atoms with Gasteiger partial charge in [-0.1, -0.05) is 30.7 Å². The molecule has 0 saturated heterocycles. The van der Waals surface area contributed by atoms with Crippen LogP contribution in [0.2, 0.25) is 5.02 Å². The van der Waals surface area contributed by atoms with E-state index < -0.39 is 0 Å². The van der Waals surface area contributed by atoms with Gasteiger partial charge in [0.1, 0.15) is 0 Å². The number of hydrogen-bond donors (Lipinski definition) is 1. The molecule has 0 spiro atoms. The Morgan fingerprint density at radius 3 is 2.41 bits per heavy atom. The molecule has 0 saturated carbocycles. The van der Waals surface area contributed by atoms with Gasteiger partial charge in [-0.3, -0.25) is 0 Å². The lowest BCUT2D eigenvalue weighted by molar-refractivity contribution is 0.352. The summed E-state index contributed by atoms with van der Waals surface area (Å²) in [5.74, 6) is 1.27. The standard InChI is InChI=1S/C13H18ClNO2/c1-4-10-9(6-5-7-15)8-11(14)13(17-3)12(10)16-2/h5-6,8H,4,7,15H2,1-3H3/b6-5+. The van der Waals surface area contributed by atoms with Crippen LogP contribution in [0.25, 0.3) is 6.08 Å².